The fourth-order valence-corrected chi connectivity index (χ4v) is 2.24. The number of amides is 2. The molecule has 5 heteroatoms. The Kier molecular flexibility index (Phi) is 4.39. The summed E-state index contributed by atoms with van der Waals surface area (Å²) in [6.45, 7) is 1.78. The van der Waals surface area contributed by atoms with Crippen LogP contribution in [-0.4, -0.2) is 30.0 Å². The van der Waals surface area contributed by atoms with Gasteiger partial charge < -0.3 is 15.7 Å². The van der Waals surface area contributed by atoms with Crippen LogP contribution in [0, 0.1) is 5.41 Å². The van der Waals surface area contributed by atoms with Crippen LogP contribution in [0.2, 0.25) is 0 Å². The van der Waals surface area contributed by atoms with Crippen molar-refractivity contribution in [2.45, 2.75) is 25.9 Å². The molecule has 0 spiro atoms. The molecule has 0 heterocycles. The molecule has 1 aromatic rings. The van der Waals surface area contributed by atoms with E-state index in [1.807, 2.05) is 30.3 Å². The van der Waals surface area contributed by atoms with Gasteiger partial charge in [0, 0.05) is 18.9 Å². The molecule has 2 amide bonds. The smallest absolute Gasteiger partial charge is 0.239 e. The van der Waals surface area contributed by atoms with Gasteiger partial charge in [0.2, 0.25) is 11.8 Å². The molecule has 1 aliphatic rings. The summed E-state index contributed by atoms with van der Waals surface area (Å²) in [5.74, 6) is -0.461. The molecule has 108 valence electrons. The van der Waals surface area contributed by atoms with Crippen LogP contribution in [0.3, 0.4) is 0 Å². The Labute approximate surface area is 118 Å². The second-order valence-electron chi connectivity index (χ2n) is 5.36. The summed E-state index contributed by atoms with van der Waals surface area (Å²) in [6, 6.07) is 9.48. The number of hydrogen-bond acceptors (Lipinski definition) is 3. The Balaban J connectivity index is 1.86. The minimum atomic E-state index is -0.565. The van der Waals surface area contributed by atoms with Crippen molar-refractivity contribution in [1.29, 1.82) is 0 Å². The molecule has 1 fully saturated rings. The Morgan fingerprint density at radius 3 is 2.45 bits per heavy atom. The second kappa shape index (κ2) is 6.05. The maximum atomic E-state index is 11.6. The first-order chi connectivity index (χ1) is 9.53. The molecule has 0 aromatic heterocycles. The van der Waals surface area contributed by atoms with Crippen LogP contribution in [0.25, 0.3) is 0 Å². The molecule has 20 heavy (non-hydrogen) atoms. The summed E-state index contributed by atoms with van der Waals surface area (Å²) in [5.41, 5.74) is 0.619. The van der Waals surface area contributed by atoms with E-state index in [0.29, 0.717) is 6.54 Å². The van der Waals surface area contributed by atoms with Crippen molar-refractivity contribution < 1.29 is 14.7 Å². The first-order valence-corrected chi connectivity index (χ1v) is 6.78. The first-order valence-electron chi connectivity index (χ1n) is 6.78. The summed E-state index contributed by atoms with van der Waals surface area (Å²) in [6.07, 6.45) is 1.22. The third kappa shape index (κ3) is 3.57. The Morgan fingerprint density at radius 1 is 1.25 bits per heavy atom. The van der Waals surface area contributed by atoms with E-state index in [0.717, 1.165) is 18.4 Å². The van der Waals surface area contributed by atoms with E-state index in [1.54, 1.807) is 0 Å². The lowest BCUT2D eigenvalue weighted by Crippen LogP contribution is -2.39. The zero-order valence-electron chi connectivity index (χ0n) is 11.6. The standard InChI is InChI=1S/C15H20N2O3/c1-11(18)16-9-13(19)17-10-15(7-8-15)14(20)12-5-3-2-4-6-12/h2-6,14,20H,7-10H2,1H3,(H,16,18)(H,17,19). The molecule has 1 atom stereocenters. The van der Waals surface area contributed by atoms with Crippen LogP contribution in [0.5, 0.6) is 0 Å². The molecule has 5 nitrogen and oxygen atoms in total. The molecule has 0 radical (unpaired) electrons. The summed E-state index contributed by atoms with van der Waals surface area (Å²) < 4.78 is 0. The molecule has 0 bridgehead atoms. The number of benzene rings is 1. The molecule has 1 unspecified atom stereocenters. The highest BCUT2D eigenvalue weighted by Gasteiger charge is 2.49. The third-order valence-electron chi connectivity index (χ3n) is 3.72. The van der Waals surface area contributed by atoms with Crippen molar-refractivity contribution in [3.8, 4) is 0 Å². The highest BCUT2D eigenvalue weighted by Crippen LogP contribution is 2.54. The first kappa shape index (κ1) is 14.5. The van der Waals surface area contributed by atoms with E-state index in [-0.39, 0.29) is 23.8 Å². The monoisotopic (exact) mass is 276 g/mol. The minimum absolute atomic E-state index is 0.0210. The van der Waals surface area contributed by atoms with Gasteiger partial charge in [0.1, 0.15) is 0 Å². The molecular formula is C15H20N2O3. The summed E-state index contributed by atoms with van der Waals surface area (Å²) >= 11 is 0. The predicted molar refractivity (Wildman–Crippen MR) is 74.8 cm³/mol. The van der Waals surface area contributed by atoms with Crippen molar-refractivity contribution in [2.75, 3.05) is 13.1 Å². The molecule has 0 aliphatic heterocycles. The number of carbonyl (C=O) groups excluding carboxylic acids is 2. The molecule has 0 saturated heterocycles. The Morgan fingerprint density at radius 2 is 1.90 bits per heavy atom. The topological polar surface area (TPSA) is 78.4 Å². The number of aliphatic hydroxyl groups is 1. The number of hydrogen-bond donors (Lipinski definition) is 3. The highest BCUT2D eigenvalue weighted by molar-refractivity contribution is 5.83. The zero-order chi connectivity index (χ0) is 14.6. The lowest BCUT2D eigenvalue weighted by molar-refractivity contribution is -0.125. The lowest BCUT2D eigenvalue weighted by atomic mass is 9.92. The van der Waals surface area contributed by atoms with Crippen molar-refractivity contribution in [2.24, 2.45) is 5.41 Å². The number of aliphatic hydroxyl groups excluding tert-OH is 1. The van der Waals surface area contributed by atoms with E-state index in [4.69, 9.17) is 0 Å². The molecule has 1 saturated carbocycles. The Hall–Kier alpha value is -1.88. The van der Waals surface area contributed by atoms with Crippen molar-refractivity contribution in [3.63, 3.8) is 0 Å². The SMILES string of the molecule is CC(=O)NCC(=O)NCC1(C(O)c2ccccc2)CC1. The maximum absolute atomic E-state index is 11.6. The number of nitrogens with one attached hydrogen (secondary N) is 2. The predicted octanol–water partition coefficient (Wildman–Crippen LogP) is 0.753. The van der Waals surface area contributed by atoms with E-state index >= 15 is 0 Å². The van der Waals surface area contributed by atoms with Crippen molar-refractivity contribution in [1.82, 2.24) is 10.6 Å². The van der Waals surface area contributed by atoms with Crippen molar-refractivity contribution in [3.05, 3.63) is 35.9 Å². The van der Waals surface area contributed by atoms with Gasteiger partial charge in [0.05, 0.1) is 12.6 Å². The summed E-state index contributed by atoms with van der Waals surface area (Å²) in [7, 11) is 0. The van der Waals surface area contributed by atoms with Gasteiger partial charge in [-0.15, -0.1) is 0 Å². The number of rotatable bonds is 6. The van der Waals surface area contributed by atoms with E-state index in [1.165, 1.54) is 6.92 Å². The van der Waals surface area contributed by atoms with Gasteiger partial charge >= 0.3 is 0 Å². The molecule has 1 aromatic carbocycles. The Bertz CT molecular complexity index is 483. The summed E-state index contributed by atoms with van der Waals surface area (Å²) in [4.78, 5) is 22.3. The highest BCUT2D eigenvalue weighted by atomic mass is 16.3. The lowest BCUT2D eigenvalue weighted by Gasteiger charge is -2.23. The minimum Gasteiger partial charge on any atom is -0.388 e. The molecular weight excluding hydrogens is 256 g/mol. The average Bonchev–Trinajstić information content (AvgIpc) is 3.24. The second-order valence-corrected chi connectivity index (χ2v) is 5.36. The quantitative estimate of drug-likeness (QED) is 0.717. The van der Waals surface area contributed by atoms with Gasteiger partial charge in [-0.05, 0) is 18.4 Å². The molecule has 1 aliphatic carbocycles. The van der Waals surface area contributed by atoms with Crippen molar-refractivity contribution >= 4 is 11.8 Å². The van der Waals surface area contributed by atoms with Crippen LogP contribution in [0.1, 0.15) is 31.4 Å². The maximum Gasteiger partial charge on any atom is 0.239 e. The van der Waals surface area contributed by atoms with Gasteiger partial charge in [0.15, 0.2) is 0 Å². The van der Waals surface area contributed by atoms with E-state index < -0.39 is 6.10 Å². The fourth-order valence-electron chi connectivity index (χ4n) is 2.24. The average molecular weight is 276 g/mol. The van der Waals surface area contributed by atoms with Gasteiger partial charge in [0.25, 0.3) is 0 Å². The van der Waals surface area contributed by atoms with Crippen LogP contribution in [0.15, 0.2) is 30.3 Å². The van der Waals surface area contributed by atoms with Gasteiger partial charge in [-0.25, -0.2) is 0 Å². The molecule has 3 N–H and O–H groups in total. The fraction of sp³-hybridized carbons (Fsp3) is 0.467. The summed E-state index contributed by atoms with van der Waals surface area (Å²) in [5, 5.41) is 15.6. The zero-order valence-corrected chi connectivity index (χ0v) is 11.6. The van der Waals surface area contributed by atoms with E-state index in [2.05, 4.69) is 10.6 Å². The van der Waals surface area contributed by atoms with Crippen LogP contribution in [-0.2, 0) is 9.59 Å². The van der Waals surface area contributed by atoms with Gasteiger partial charge in [-0.1, -0.05) is 30.3 Å². The number of carbonyl (C=O) groups is 2. The van der Waals surface area contributed by atoms with Crippen LogP contribution >= 0.6 is 0 Å². The third-order valence-corrected chi connectivity index (χ3v) is 3.72. The van der Waals surface area contributed by atoms with E-state index in [9.17, 15) is 14.7 Å². The van der Waals surface area contributed by atoms with Crippen LogP contribution in [0.4, 0.5) is 0 Å². The molecule has 2 rings (SSSR count). The normalized spacial score (nSPS) is 17.1. The van der Waals surface area contributed by atoms with Gasteiger partial charge in [-0.3, -0.25) is 9.59 Å². The van der Waals surface area contributed by atoms with Crippen LogP contribution < -0.4 is 10.6 Å². The van der Waals surface area contributed by atoms with Gasteiger partial charge in [-0.2, -0.15) is 0 Å². The largest absolute Gasteiger partial charge is 0.388 e.